The number of anilines is 3. The van der Waals surface area contributed by atoms with E-state index in [-0.39, 0.29) is 17.9 Å². The lowest BCUT2D eigenvalue weighted by Gasteiger charge is -2.48. The molecule has 4 aromatic rings. The highest BCUT2D eigenvalue weighted by Crippen LogP contribution is 2.52. The molecule has 210 valence electrons. The molecule has 42 heavy (non-hydrogen) atoms. The van der Waals surface area contributed by atoms with Crippen LogP contribution in [0.3, 0.4) is 0 Å². The molecular formula is C35H32N2O4Si. The summed E-state index contributed by atoms with van der Waals surface area (Å²) in [6, 6.07) is 21.7. The zero-order valence-electron chi connectivity index (χ0n) is 24.6. The molecule has 1 atom stereocenters. The first-order valence-corrected chi connectivity index (χ1v) is 17.6. The minimum Gasteiger partial charge on any atom is -0.493 e. The molecule has 0 fully saturated rings. The molecule has 2 heterocycles. The number of fused-ring (bicyclic) bond motifs is 9. The van der Waals surface area contributed by atoms with E-state index in [9.17, 15) is 9.59 Å². The van der Waals surface area contributed by atoms with Crippen LogP contribution in [0.5, 0.6) is 11.5 Å². The van der Waals surface area contributed by atoms with Crippen LogP contribution >= 0.6 is 0 Å². The molecule has 0 spiro atoms. The van der Waals surface area contributed by atoms with Crippen LogP contribution in [0.1, 0.15) is 37.4 Å². The smallest absolute Gasteiger partial charge is 0.263 e. The average molecular weight is 573 g/mol. The van der Waals surface area contributed by atoms with Gasteiger partial charge in [-0.2, -0.15) is 0 Å². The Labute approximate surface area is 246 Å². The minimum absolute atomic E-state index is 0.0654. The molecule has 1 aliphatic carbocycles. The van der Waals surface area contributed by atoms with Crippen LogP contribution in [0.4, 0.5) is 17.1 Å². The highest BCUT2D eigenvalue weighted by atomic mass is 28.3. The molecular weight excluding hydrogens is 540 g/mol. The molecule has 1 amide bonds. The van der Waals surface area contributed by atoms with Crippen molar-refractivity contribution >= 4 is 48.1 Å². The van der Waals surface area contributed by atoms with E-state index < -0.39 is 8.07 Å². The van der Waals surface area contributed by atoms with Crippen LogP contribution in [0.15, 0.2) is 72.8 Å². The van der Waals surface area contributed by atoms with E-state index in [1.54, 1.807) is 20.3 Å². The Bertz CT molecular complexity index is 1860. The van der Waals surface area contributed by atoms with Crippen LogP contribution in [-0.2, 0) is 0 Å². The van der Waals surface area contributed by atoms with E-state index in [1.807, 2.05) is 53.4 Å². The fourth-order valence-corrected chi connectivity index (χ4v) is 9.26. The number of hydrogen-bond acceptors (Lipinski definition) is 5. The van der Waals surface area contributed by atoms with Gasteiger partial charge in [0.2, 0.25) is 0 Å². The van der Waals surface area contributed by atoms with Crippen LogP contribution in [-0.4, -0.2) is 40.1 Å². The molecule has 0 bridgehead atoms. The van der Waals surface area contributed by atoms with Gasteiger partial charge in [-0.3, -0.25) is 14.5 Å². The summed E-state index contributed by atoms with van der Waals surface area (Å²) in [6.07, 6.45) is 3.84. The number of amides is 1. The topological polar surface area (TPSA) is 59.1 Å². The van der Waals surface area contributed by atoms with Crippen molar-refractivity contribution < 1.29 is 19.1 Å². The Morgan fingerprint density at radius 1 is 0.762 bits per heavy atom. The van der Waals surface area contributed by atoms with Crippen molar-refractivity contribution in [3.8, 4) is 22.6 Å². The lowest BCUT2D eigenvalue weighted by molar-refractivity contribution is 0.0977. The highest BCUT2D eigenvalue weighted by Gasteiger charge is 2.48. The summed E-state index contributed by atoms with van der Waals surface area (Å²) in [5.74, 6) is 0.820. The van der Waals surface area contributed by atoms with Gasteiger partial charge >= 0.3 is 0 Å². The number of nitrogens with zero attached hydrogens (tertiary/aromatic N) is 2. The van der Waals surface area contributed by atoms with Crippen LogP contribution < -0.4 is 24.5 Å². The Kier molecular flexibility index (Phi) is 5.75. The third kappa shape index (κ3) is 3.49. The van der Waals surface area contributed by atoms with Crippen molar-refractivity contribution in [2.75, 3.05) is 24.0 Å². The van der Waals surface area contributed by atoms with Crippen molar-refractivity contribution in [1.82, 2.24) is 0 Å². The lowest BCUT2D eigenvalue weighted by atomic mass is 9.88. The maximum absolute atomic E-state index is 15.0. The summed E-state index contributed by atoms with van der Waals surface area (Å²) in [5, 5.41) is 1.09. The molecule has 6 nitrogen and oxygen atoms in total. The normalized spacial score (nSPS) is 16.5. The van der Waals surface area contributed by atoms with Crippen molar-refractivity contribution in [3.05, 3.63) is 101 Å². The SMILES string of the molecule is COc1cc2c(cc1OC)-c1c3c(c(C)c([Si](C)(C)C)c1C2=O)N1c2ccccc2C=CC1N(c1ccccc1)C3=O. The standard InChI is InChI=1S/C35H32N2O4Si/c1-20-32-30(29-23-18-26(40-2)27(41-3)19-24(23)33(38)31(29)34(20)42(4,5)6)35(39)36(22-13-8-7-9-14-22)28-17-16-21-12-10-11-15-25(21)37(28)32/h7-19,28H,1-6H3. The number of ether oxygens (including phenoxy) is 2. The third-order valence-electron chi connectivity index (χ3n) is 8.61. The molecule has 4 aromatic carbocycles. The molecule has 1 unspecified atom stereocenters. The second-order valence-electron chi connectivity index (χ2n) is 12.0. The molecule has 0 radical (unpaired) electrons. The fourth-order valence-electron chi connectivity index (χ4n) is 7.03. The number of carbonyl (C=O) groups is 2. The molecule has 7 rings (SSSR count). The van der Waals surface area contributed by atoms with Gasteiger partial charge in [0.15, 0.2) is 17.3 Å². The quantitative estimate of drug-likeness (QED) is 0.219. The van der Waals surface area contributed by atoms with Gasteiger partial charge in [-0.05, 0) is 65.2 Å². The first-order valence-electron chi connectivity index (χ1n) is 14.1. The molecule has 0 N–H and O–H groups in total. The summed E-state index contributed by atoms with van der Waals surface area (Å²) in [5.41, 5.74) is 7.93. The number of para-hydroxylation sites is 2. The molecule has 3 aliphatic rings. The zero-order chi connectivity index (χ0) is 29.5. The number of ketones is 1. The Morgan fingerprint density at radius 2 is 1.40 bits per heavy atom. The molecule has 0 saturated carbocycles. The van der Waals surface area contributed by atoms with Gasteiger partial charge in [0.05, 0.1) is 39.2 Å². The van der Waals surface area contributed by atoms with Gasteiger partial charge < -0.3 is 14.4 Å². The lowest BCUT2D eigenvalue weighted by Crippen LogP contribution is -2.55. The van der Waals surface area contributed by atoms with Crippen LogP contribution in [0, 0.1) is 6.92 Å². The van der Waals surface area contributed by atoms with E-state index in [4.69, 9.17) is 9.47 Å². The summed E-state index contributed by atoms with van der Waals surface area (Å²) in [6.45, 7) is 8.89. The van der Waals surface area contributed by atoms with Crippen molar-refractivity contribution in [2.45, 2.75) is 32.7 Å². The van der Waals surface area contributed by atoms with Gasteiger partial charge in [-0.15, -0.1) is 0 Å². The summed E-state index contributed by atoms with van der Waals surface area (Å²) >= 11 is 0. The average Bonchev–Trinajstić information content (AvgIpc) is 3.26. The maximum atomic E-state index is 15.0. The van der Waals surface area contributed by atoms with Crippen molar-refractivity contribution in [1.29, 1.82) is 0 Å². The maximum Gasteiger partial charge on any atom is 0.263 e. The van der Waals surface area contributed by atoms with E-state index >= 15 is 0 Å². The molecule has 0 aromatic heterocycles. The Hall–Kier alpha value is -4.62. The monoisotopic (exact) mass is 572 g/mol. The Morgan fingerprint density at radius 3 is 2.07 bits per heavy atom. The largest absolute Gasteiger partial charge is 0.493 e. The van der Waals surface area contributed by atoms with Crippen LogP contribution in [0.25, 0.3) is 17.2 Å². The van der Waals surface area contributed by atoms with Gasteiger partial charge in [-0.1, -0.05) is 62.1 Å². The predicted octanol–water partition coefficient (Wildman–Crippen LogP) is 6.92. The summed E-state index contributed by atoms with van der Waals surface area (Å²) in [4.78, 5) is 33.5. The van der Waals surface area contributed by atoms with Gasteiger partial charge in [-0.25, -0.2) is 0 Å². The number of rotatable bonds is 4. The fraction of sp³-hybridized carbons (Fsp3) is 0.200. The van der Waals surface area contributed by atoms with E-state index in [2.05, 4.69) is 55.7 Å². The number of hydrogen-bond donors (Lipinski definition) is 0. The second-order valence-corrected chi connectivity index (χ2v) is 17.0. The van der Waals surface area contributed by atoms with Gasteiger partial charge in [0.1, 0.15) is 6.17 Å². The first kappa shape index (κ1) is 26.3. The van der Waals surface area contributed by atoms with Crippen molar-refractivity contribution in [3.63, 3.8) is 0 Å². The molecule has 2 aliphatic heterocycles. The Balaban J connectivity index is 1.65. The number of benzene rings is 4. The van der Waals surface area contributed by atoms with E-state index in [1.165, 1.54) is 0 Å². The van der Waals surface area contributed by atoms with E-state index in [0.29, 0.717) is 39.3 Å². The minimum atomic E-state index is -2.12. The predicted molar refractivity (Wildman–Crippen MR) is 171 cm³/mol. The first-order chi connectivity index (χ1) is 20.2. The second kappa shape index (κ2) is 9.19. The highest BCUT2D eigenvalue weighted by molar-refractivity contribution is 6.90. The third-order valence-corrected chi connectivity index (χ3v) is 10.7. The number of carbonyl (C=O) groups excluding carboxylic acids is 2. The summed E-state index contributed by atoms with van der Waals surface area (Å²) < 4.78 is 11.3. The van der Waals surface area contributed by atoms with E-state index in [0.717, 1.165) is 33.4 Å². The summed E-state index contributed by atoms with van der Waals surface area (Å²) in [7, 11) is 1.03. The van der Waals surface area contributed by atoms with Crippen LogP contribution in [0.2, 0.25) is 19.6 Å². The van der Waals surface area contributed by atoms with Crippen molar-refractivity contribution in [2.24, 2.45) is 0 Å². The van der Waals surface area contributed by atoms with Gasteiger partial charge in [0.25, 0.3) is 5.91 Å². The van der Waals surface area contributed by atoms with Gasteiger partial charge in [0, 0.05) is 22.4 Å². The molecule has 7 heteroatoms. The number of methoxy groups -OCH3 is 2. The zero-order valence-corrected chi connectivity index (χ0v) is 25.6. The molecule has 0 saturated heterocycles.